The van der Waals surface area contributed by atoms with Gasteiger partial charge in [-0.05, 0) is 68.0 Å². The fourth-order valence-electron chi connectivity index (χ4n) is 5.22. The van der Waals surface area contributed by atoms with Crippen LogP contribution in [0.5, 0.6) is 0 Å². The summed E-state index contributed by atoms with van der Waals surface area (Å²) in [4.78, 5) is 27.8. The minimum atomic E-state index is -1.05. The molecule has 0 saturated carbocycles. The second-order valence-electron chi connectivity index (χ2n) is 10.5. The van der Waals surface area contributed by atoms with Crippen LogP contribution in [0.4, 0.5) is 5.69 Å². The van der Waals surface area contributed by atoms with Gasteiger partial charge in [0.25, 0.3) is 0 Å². The number of carboxylic acid groups (broad SMARTS) is 1. The SMILES string of the molecule is CC(C(=O)O)[C@H](C(=O)OC(C)(C)C)N(CCCCl)c1cccc2c1C(c1ccccc1)c1ccccc1-2. The molecule has 4 rings (SSSR count). The lowest BCUT2D eigenvalue weighted by Gasteiger charge is -2.37. The molecule has 1 aliphatic rings. The lowest BCUT2D eigenvalue weighted by molar-refractivity contribution is -0.161. The molecular formula is C31H34ClNO4. The first kappa shape index (κ1) is 26.7. The minimum absolute atomic E-state index is 0.0541. The van der Waals surface area contributed by atoms with Gasteiger partial charge in [0, 0.05) is 24.0 Å². The number of aliphatic carboxylic acids is 1. The number of ether oxygens (including phenoxy) is 1. The number of nitrogens with zero attached hydrogens (tertiary/aromatic N) is 1. The van der Waals surface area contributed by atoms with Gasteiger partial charge in [-0.3, -0.25) is 4.79 Å². The van der Waals surface area contributed by atoms with Gasteiger partial charge in [-0.1, -0.05) is 66.7 Å². The lowest BCUT2D eigenvalue weighted by atomic mass is 9.87. The van der Waals surface area contributed by atoms with Crippen molar-refractivity contribution in [2.24, 2.45) is 5.92 Å². The Hall–Kier alpha value is -3.31. The summed E-state index contributed by atoms with van der Waals surface area (Å²) in [7, 11) is 0. The molecule has 1 aliphatic carbocycles. The predicted octanol–water partition coefficient (Wildman–Crippen LogP) is 6.71. The monoisotopic (exact) mass is 519 g/mol. The van der Waals surface area contributed by atoms with Crippen molar-refractivity contribution in [3.63, 3.8) is 0 Å². The molecule has 0 bridgehead atoms. The van der Waals surface area contributed by atoms with Crippen molar-refractivity contribution in [3.05, 3.63) is 89.5 Å². The zero-order valence-corrected chi connectivity index (χ0v) is 22.5. The molecule has 0 aliphatic heterocycles. The van der Waals surface area contributed by atoms with E-state index in [0.29, 0.717) is 18.8 Å². The summed E-state index contributed by atoms with van der Waals surface area (Å²) in [5.74, 6) is -2.28. The highest BCUT2D eigenvalue weighted by atomic mass is 35.5. The molecule has 5 nitrogen and oxygen atoms in total. The van der Waals surface area contributed by atoms with Crippen LogP contribution in [0.3, 0.4) is 0 Å². The standard InChI is InChI=1S/C31H34ClNO4/c1-20(29(34)35)28(30(36)37-31(2,3)4)33(19-11-18-32)25-17-10-16-24-22-14-8-9-15-23(22)26(27(24)25)21-12-6-5-7-13-21/h5-10,12-17,20,26,28H,11,18-19H2,1-4H3,(H,34,35)/t20?,26?,28-/m1/s1. The van der Waals surface area contributed by atoms with E-state index in [1.54, 1.807) is 27.7 Å². The first-order chi connectivity index (χ1) is 17.6. The van der Waals surface area contributed by atoms with Crippen LogP contribution in [-0.4, -0.2) is 41.1 Å². The van der Waals surface area contributed by atoms with E-state index >= 15 is 0 Å². The normalized spacial score (nSPS) is 15.9. The Balaban J connectivity index is 1.94. The third-order valence-electron chi connectivity index (χ3n) is 6.76. The summed E-state index contributed by atoms with van der Waals surface area (Å²) in [6, 6.07) is 23.7. The summed E-state index contributed by atoms with van der Waals surface area (Å²) in [6.45, 7) is 7.35. The van der Waals surface area contributed by atoms with E-state index in [1.807, 2.05) is 47.4 Å². The van der Waals surface area contributed by atoms with Crippen LogP contribution in [0.15, 0.2) is 72.8 Å². The quantitative estimate of drug-likeness (QED) is 0.196. The molecule has 6 heteroatoms. The first-order valence-corrected chi connectivity index (χ1v) is 13.2. The van der Waals surface area contributed by atoms with E-state index in [9.17, 15) is 14.7 Å². The Morgan fingerprint density at radius 2 is 1.62 bits per heavy atom. The molecule has 3 aromatic carbocycles. The molecule has 3 aromatic rings. The highest BCUT2D eigenvalue weighted by Gasteiger charge is 2.41. The Labute approximate surface area is 224 Å². The van der Waals surface area contributed by atoms with Crippen LogP contribution < -0.4 is 4.90 Å². The van der Waals surface area contributed by atoms with Crippen LogP contribution in [0.1, 0.15) is 56.7 Å². The van der Waals surface area contributed by atoms with Gasteiger partial charge in [0.2, 0.25) is 0 Å². The number of esters is 1. The summed E-state index contributed by atoms with van der Waals surface area (Å²) < 4.78 is 5.77. The topological polar surface area (TPSA) is 66.8 Å². The minimum Gasteiger partial charge on any atom is -0.481 e. The van der Waals surface area contributed by atoms with Gasteiger partial charge >= 0.3 is 11.9 Å². The average molecular weight is 520 g/mol. The lowest BCUT2D eigenvalue weighted by Crippen LogP contribution is -2.51. The van der Waals surface area contributed by atoms with Gasteiger partial charge in [0.05, 0.1) is 5.92 Å². The van der Waals surface area contributed by atoms with E-state index in [1.165, 1.54) is 5.56 Å². The molecule has 37 heavy (non-hydrogen) atoms. The number of fused-ring (bicyclic) bond motifs is 3. The van der Waals surface area contributed by atoms with Gasteiger partial charge in [-0.25, -0.2) is 4.79 Å². The second kappa shape index (κ2) is 11.0. The predicted molar refractivity (Wildman–Crippen MR) is 148 cm³/mol. The molecule has 1 N–H and O–H groups in total. The maximum absolute atomic E-state index is 13.6. The fraction of sp³-hybridized carbons (Fsp3) is 0.355. The number of alkyl halides is 1. The number of anilines is 1. The largest absolute Gasteiger partial charge is 0.481 e. The molecule has 194 valence electrons. The van der Waals surface area contributed by atoms with Crippen molar-refractivity contribution in [1.29, 1.82) is 0 Å². The smallest absolute Gasteiger partial charge is 0.330 e. The maximum Gasteiger partial charge on any atom is 0.330 e. The van der Waals surface area contributed by atoms with Gasteiger partial charge < -0.3 is 14.7 Å². The molecule has 0 amide bonds. The number of carboxylic acids is 1. The molecule has 0 fully saturated rings. The van der Waals surface area contributed by atoms with Gasteiger partial charge in [-0.2, -0.15) is 0 Å². The van der Waals surface area contributed by atoms with E-state index in [-0.39, 0.29) is 5.92 Å². The number of hydrogen-bond donors (Lipinski definition) is 1. The van der Waals surface area contributed by atoms with Crippen LogP contribution in [-0.2, 0) is 14.3 Å². The number of carbonyl (C=O) groups excluding carboxylic acids is 1. The van der Waals surface area contributed by atoms with Gasteiger partial charge in [0.15, 0.2) is 0 Å². The molecule has 0 heterocycles. The highest BCUT2D eigenvalue weighted by molar-refractivity contribution is 6.17. The summed E-state index contributed by atoms with van der Waals surface area (Å²) in [6.07, 6.45) is 0.583. The molecular weight excluding hydrogens is 486 g/mol. The van der Waals surface area contributed by atoms with Crippen molar-refractivity contribution >= 4 is 29.2 Å². The third kappa shape index (κ3) is 5.52. The fourth-order valence-corrected chi connectivity index (χ4v) is 5.34. The molecule has 3 atom stereocenters. The Morgan fingerprint density at radius 1 is 0.973 bits per heavy atom. The zero-order valence-electron chi connectivity index (χ0n) is 21.8. The van der Waals surface area contributed by atoms with Crippen molar-refractivity contribution < 1.29 is 19.4 Å². The molecule has 0 spiro atoms. The number of rotatable bonds is 9. The Morgan fingerprint density at radius 3 is 2.27 bits per heavy atom. The second-order valence-corrected chi connectivity index (χ2v) is 10.9. The van der Waals surface area contributed by atoms with E-state index in [0.717, 1.165) is 27.9 Å². The summed E-state index contributed by atoms with van der Waals surface area (Å²) in [5, 5.41) is 10.0. The van der Waals surface area contributed by atoms with Gasteiger partial charge in [-0.15, -0.1) is 11.6 Å². The molecule has 2 unspecified atom stereocenters. The Bertz CT molecular complexity index is 1270. The maximum atomic E-state index is 13.6. The van der Waals surface area contributed by atoms with Crippen molar-refractivity contribution in [3.8, 4) is 11.1 Å². The number of hydrogen-bond acceptors (Lipinski definition) is 4. The number of carbonyl (C=O) groups is 2. The van der Waals surface area contributed by atoms with Crippen molar-refractivity contribution in [2.45, 2.75) is 51.7 Å². The average Bonchev–Trinajstić information content (AvgIpc) is 3.20. The van der Waals surface area contributed by atoms with Crippen LogP contribution in [0, 0.1) is 5.92 Å². The van der Waals surface area contributed by atoms with Crippen molar-refractivity contribution in [1.82, 2.24) is 0 Å². The Kier molecular flexibility index (Phi) is 7.93. The number of benzene rings is 3. The highest BCUT2D eigenvalue weighted by Crippen LogP contribution is 2.52. The van der Waals surface area contributed by atoms with E-state index in [2.05, 4.69) is 30.3 Å². The summed E-state index contributed by atoms with van der Waals surface area (Å²) in [5.41, 5.74) is 5.70. The third-order valence-corrected chi connectivity index (χ3v) is 7.02. The first-order valence-electron chi connectivity index (χ1n) is 12.7. The molecule has 0 radical (unpaired) electrons. The van der Waals surface area contributed by atoms with Crippen molar-refractivity contribution in [2.75, 3.05) is 17.3 Å². The van der Waals surface area contributed by atoms with Crippen LogP contribution >= 0.6 is 11.6 Å². The van der Waals surface area contributed by atoms with Crippen LogP contribution in [0.25, 0.3) is 11.1 Å². The molecule has 0 saturated heterocycles. The van der Waals surface area contributed by atoms with E-state index in [4.69, 9.17) is 16.3 Å². The van der Waals surface area contributed by atoms with Gasteiger partial charge in [0.1, 0.15) is 11.6 Å². The van der Waals surface area contributed by atoms with E-state index < -0.39 is 29.5 Å². The molecule has 0 aromatic heterocycles. The zero-order chi connectivity index (χ0) is 26.7. The number of halogens is 1. The summed E-state index contributed by atoms with van der Waals surface area (Å²) >= 11 is 6.12. The van der Waals surface area contributed by atoms with Crippen LogP contribution in [0.2, 0.25) is 0 Å².